The van der Waals surface area contributed by atoms with E-state index in [0.29, 0.717) is 21.0 Å². The molecule has 0 aliphatic carbocycles. The number of hydrogen-bond acceptors (Lipinski definition) is 5. The highest BCUT2D eigenvalue weighted by Crippen LogP contribution is 2.34. The molecule has 29 heavy (non-hydrogen) atoms. The lowest BCUT2D eigenvalue weighted by molar-refractivity contribution is 0.0698. The zero-order chi connectivity index (χ0) is 21.3. The number of carboxylic acid groups (broad SMARTS) is 1. The molecule has 0 amide bonds. The average Bonchev–Trinajstić information content (AvgIpc) is 3.14. The van der Waals surface area contributed by atoms with Gasteiger partial charge in [0.2, 0.25) is 0 Å². The molecule has 12 heteroatoms. The molecule has 0 atom stereocenters. The Morgan fingerprint density at radius 3 is 2.38 bits per heavy atom. The number of hydrogen-bond donors (Lipinski definition) is 3. The Morgan fingerprint density at radius 2 is 1.72 bits per heavy atom. The third-order valence-corrected chi connectivity index (χ3v) is 6.75. The third kappa shape index (κ3) is 4.48. The van der Waals surface area contributed by atoms with E-state index in [0.717, 1.165) is 18.2 Å². The molecule has 1 aromatic heterocycles. The van der Waals surface area contributed by atoms with Crippen molar-refractivity contribution in [1.29, 1.82) is 0 Å². The van der Waals surface area contributed by atoms with Crippen molar-refractivity contribution in [2.75, 3.05) is 10.0 Å². The Morgan fingerprint density at radius 1 is 1.03 bits per heavy atom. The SMILES string of the molecule is O=C(O)c1sccc1S(=O)(=O)Nc1ccc(F)c(F)c1Nc1ccc(I)cc1F. The fraction of sp³-hybridized carbons (Fsp3) is 0. The highest BCUT2D eigenvalue weighted by Gasteiger charge is 2.26. The molecule has 0 aliphatic heterocycles. The van der Waals surface area contributed by atoms with Crippen LogP contribution < -0.4 is 10.0 Å². The average molecular weight is 554 g/mol. The fourth-order valence-corrected chi connectivity index (χ4v) is 5.13. The number of rotatable bonds is 6. The Labute approximate surface area is 180 Å². The van der Waals surface area contributed by atoms with Gasteiger partial charge in [-0.1, -0.05) is 0 Å². The number of nitrogens with one attached hydrogen (secondary N) is 2. The molecule has 152 valence electrons. The van der Waals surface area contributed by atoms with Gasteiger partial charge >= 0.3 is 5.97 Å². The molecular formula is C17H10F3IN2O4S2. The van der Waals surface area contributed by atoms with E-state index in [2.05, 4.69) is 5.32 Å². The van der Waals surface area contributed by atoms with Crippen molar-refractivity contribution in [3.8, 4) is 0 Å². The van der Waals surface area contributed by atoms with Crippen LogP contribution in [0, 0.1) is 21.0 Å². The number of halogens is 4. The molecule has 3 aromatic rings. The highest BCUT2D eigenvalue weighted by atomic mass is 127. The molecule has 0 saturated carbocycles. The van der Waals surface area contributed by atoms with Crippen molar-refractivity contribution in [3.05, 3.63) is 67.7 Å². The summed E-state index contributed by atoms with van der Waals surface area (Å²) in [5, 5.41) is 12.7. The molecule has 0 saturated heterocycles. The van der Waals surface area contributed by atoms with Crippen LogP contribution >= 0.6 is 33.9 Å². The Hall–Kier alpha value is -2.32. The highest BCUT2D eigenvalue weighted by molar-refractivity contribution is 14.1. The maximum atomic E-state index is 14.4. The van der Waals surface area contributed by atoms with E-state index in [4.69, 9.17) is 5.11 Å². The van der Waals surface area contributed by atoms with Crippen molar-refractivity contribution in [1.82, 2.24) is 0 Å². The number of sulfonamides is 1. The molecular weight excluding hydrogens is 544 g/mol. The summed E-state index contributed by atoms with van der Waals surface area (Å²) in [5.74, 6) is -4.94. The first kappa shape index (κ1) is 21.4. The molecule has 1 heterocycles. The fourth-order valence-electron chi connectivity index (χ4n) is 2.35. The van der Waals surface area contributed by atoms with Crippen molar-refractivity contribution >= 4 is 67.0 Å². The lowest BCUT2D eigenvalue weighted by Gasteiger charge is -2.16. The minimum absolute atomic E-state index is 0.211. The van der Waals surface area contributed by atoms with E-state index in [9.17, 15) is 26.4 Å². The van der Waals surface area contributed by atoms with Gasteiger partial charge in [-0.25, -0.2) is 26.4 Å². The van der Waals surface area contributed by atoms with Crippen LogP contribution in [0.2, 0.25) is 0 Å². The first-order valence-corrected chi connectivity index (χ1v) is 11.1. The molecule has 0 radical (unpaired) electrons. The smallest absolute Gasteiger partial charge is 0.347 e. The minimum Gasteiger partial charge on any atom is -0.477 e. The van der Waals surface area contributed by atoms with E-state index in [-0.39, 0.29) is 5.69 Å². The van der Waals surface area contributed by atoms with Crippen LogP contribution in [0.3, 0.4) is 0 Å². The largest absolute Gasteiger partial charge is 0.477 e. The topological polar surface area (TPSA) is 95.5 Å². The van der Waals surface area contributed by atoms with Crippen LogP contribution in [0.1, 0.15) is 9.67 Å². The van der Waals surface area contributed by atoms with Gasteiger partial charge < -0.3 is 10.4 Å². The van der Waals surface area contributed by atoms with Gasteiger partial charge in [0, 0.05) is 3.57 Å². The summed E-state index contributed by atoms with van der Waals surface area (Å²) in [4.78, 5) is 10.2. The van der Waals surface area contributed by atoms with Gasteiger partial charge in [0.1, 0.15) is 21.3 Å². The second kappa shape index (κ2) is 8.20. The predicted molar refractivity (Wildman–Crippen MR) is 111 cm³/mol. The van der Waals surface area contributed by atoms with Crippen molar-refractivity contribution < 1.29 is 31.5 Å². The molecule has 0 spiro atoms. The standard InChI is InChI=1S/C17H10F3IN2O4S2/c18-9-2-4-12(23-29(26,27)13-5-6-28-16(13)17(24)25)15(14(9)20)22-11-3-1-8(21)7-10(11)19/h1-7,22-23H,(H,24,25). The molecule has 3 N–H and O–H groups in total. The second-order valence-corrected chi connectivity index (χ2v) is 9.37. The lowest BCUT2D eigenvalue weighted by atomic mass is 10.2. The first-order valence-electron chi connectivity index (χ1n) is 7.64. The van der Waals surface area contributed by atoms with E-state index in [1.165, 1.54) is 17.5 Å². The van der Waals surface area contributed by atoms with Gasteiger partial charge in [-0.3, -0.25) is 4.72 Å². The van der Waals surface area contributed by atoms with Crippen LogP contribution in [0.5, 0.6) is 0 Å². The summed E-state index contributed by atoms with van der Waals surface area (Å²) in [7, 11) is -4.45. The van der Waals surface area contributed by atoms with Crippen LogP contribution in [-0.4, -0.2) is 19.5 Å². The number of thiophene rings is 1. The number of carbonyl (C=O) groups is 1. The van der Waals surface area contributed by atoms with E-state index >= 15 is 0 Å². The molecule has 0 unspecified atom stereocenters. The maximum absolute atomic E-state index is 14.4. The number of benzene rings is 2. The molecule has 2 aromatic carbocycles. The summed E-state index contributed by atoms with van der Waals surface area (Å²) >= 11 is 2.56. The Balaban J connectivity index is 2.05. The van der Waals surface area contributed by atoms with E-state index in [1.807, 2.05) is 27.3 Å². The first-order chi connectivity index (χ1) is 13.6. The van der Waals surface area contributed by atoms with Gasteiger partial charge in [-0.05, 0) is 64.4 Å². The molecule has 0 fully saturated rings. The normalized spacial score (nSPS) is 11.3. The summed E-state index contributed by atoms with van der Waals surface area (Å²) in [6.07, 6.45) is 0. The van der Waals surface area contributed by atoms with Gasteiger partial charge in [0.25, 0.3) is 10.0 Å². The van der Waals surface area contributed by atoms with Crippen LogP contribution in [0.4, 0.5) is 30.2 Å². The minimum atomic E-state index is -4.45. The zero-order valence-electron chi connectivity index (χ0n) is 14.0. The van der Waals surface area contributed by atoms with Gasteiger partial charge in [0.15, 0.2) is 11.6 Å². The molecule has 0 bridgehead atoms. The number of aromatic carboxylic acids is 1. The number of carboxylic acids is 1. The predicted octanol–water partition coefficient (Wildman–Crippen LogP) is 5.01. The van der Waals surface area contributed by atoms with Gasteiger partial charge in [-0.2, -0.15) is 0 Å². The molecule has 6 nitrogen and oxygen atoms in total. The summed E-state index contributed by atoms with van der Waals surface area (Å²) < 4.78 is 70.1. The molecule has 0 aliphatic rings. The van der Waals surface area contributed by atoms with Gasteiger partial charge in [0.05, 0.1) is 11.4 Å². The second-order valence-electron chi connectivity index (χ2n) is 5.56. The van der Waals surface area contributed by atoms with E-state index < -0.39 is 54.6 Å². The maximum Gasteiger partial charge on any atom is 0.347 e. The summed E-state index contributed by atoms with van der Waals surface area (Å²) in [5.41, 5.74) is -1.29. The Kier molecular flexibility index (Phi) is 6.05. The monoisotopic (exact) mass is 554 g/mol. The van der Waals surface area contributed by atoms with Crippen molar-refractivity contribution in [2.45, 2.75) is 4.90 Å². The quantitative estimate of drug-likeness (QED) is 0.373. The van der Waals surface area contributed by atoms with Crippen molar-refractivity contribution in [3.63, 3.8) is 0 Å². The van der Waals surface area contributed by atoms with Crippen LogP contribution in [0.25, 0.3) is 0 Å². The van der Waals surface area contributed by atoms with Crippen LogP contribution in [-0.2, 0) is 10.0 Å². The number of anilines is 3. The lowest BCUT2D eigenvalue weighted by Crippen LogP contribution is -2.16. The zero-order valence-corrected chi connectivity index (χ0v) is 17.8. The molecule has 3 rings (SSSR count). The van der Waals surface area contributed by atoms with Crippen LogP contribution in [0.15, 0.2) is 46.7 Å². The Bertz CT molecular complexity index is 1220. The summed E-state index contributed by atoms with van der Waals surface area (Å²) in [6.45, 7) is 0. The van der Waals surface area contributed by atoms with Gasteiger partial charge in [-0.15, -0.1) is 11.3 Å². The van der Waals surface area contributed by atoms with Crippen molar-refractivity contribution in [2.24, 2.45) is 0 Å². The third-order valence-electron chi connectivity index (χ3n) is 3.64. The summed E-state index contributed by atoms with van der Waals surface area (Å²) in [6, 6.07) is 6.64. The van der Waals surface area contributed by atoms with E-state index in [1.54, 1.807) is 0 Å².